The number of hydrogen-bond donors (Lipinski definition) is 1. The molecule has 1 aliphatic heterocycles. The summed E-state index contributed by atoms with van der Waals surface area (Å²) in [7, 11) is 0. The number of nitrogens with one attached hydrogen (secondary N) is 1. The van der Waals surface area contributed by atoms with Crippen LogP contribution in [0.25, 0.3) is 0 Å². The van der Waals surface area contributed by atoms with Gasteiger partial charge in [0, 0.05) is 36.3 Å². The third kappa shape index (κ3) is 3.17. The minimum absolute atomic E-state index is 0.436. The Morgan fingerprint density at radius 2 is 2.00 bits per heavy atom. The first-order valence-corrected chi connectivity index (χ1v) is 7.63. The second-order valence-electron chi connectivity index (χ2n) is 4.44. The Balaban J connectivity index is 2.19. The Labute approximate surface area is 109 Å². The zero-order valence-corrected chi connectivity index (χ0v) is 11.6. The first kappa shape index (κ1) is 12.8. The number of anilines is 1. The van der Waals surface area contributed by atoms with Gasteiger partial charge in [0.05, 0.1) is 0 Å². The van der Waals surface area contributed by atoms with Crippen molar-refractivity contribution >= 4 is 17.4 Å². The maximum atomic E-state index is 3.51. The highest BCUT2D eigenvalue weighted by atomic mass is 32.2. The fourth-order valence-corrected chi connectivity index (χ4v) is 3.27. The Kier molecular flexibility index (Phi) is 4.75. The van der Waals surface area contributed by atoms with E-state index in [1.165, 1.54) is 35.8 Å². The van der Waals surface area contributed by atoms with E-state index in [9.17, 15) is 0 Å². The summed E-state index contributed by atoms with van der Waals surface area (Å²) in [5, 5.41) is 3.51. The van der Waals surface area contributed by atoms with Crippen LogP contribution >= 0.6 is 11.8 Å². The molecule has 1 atom stereocenters. The minimum atomic E-state index is 0.436. The van der Waals surface area contributed by atoms with Crippen molar-refractivity contribution in [2.75, 3.05) is 36.0 Å². The third-order valence-corrected chi connectivity index (χ3v) is 4.21. The zero-order chi connectivity index (χ0) is 12.1. The summed E-state index contributed by atoms with van der Waals surface area (Å²) in [5.74, 6) is 2.51. The number of benzene rings is 1. The van der Waals surface area contributed by atoms with Crippen LogP contribution in [0.15, 0.2) is 24.3 Å². The third-order valence-electron chi connectivity index (χ3n) is 3.27. The maximum absolute atomic E-state index is 3.51. The van der Waals surface area contributed by atoms with Crippen molar-refractivity contribution < 1.29 is 0 Å². The van der Waals surface area contributed by atoms with E-state index >= 15 is 0 Å². The van der Waals surface area contributed by atoms with Crippen molar-refractivity contribution in [3.05, 3.63) is 29.8 Å². The van der Waals surface area contributed by atoms with Crippen LogP contribution in [-0.2, 0) is 0 Å². The lowest BCUT2D eigenvalue weighted by molar-refractivity contribution is 0.596. The quantitative estimate of drug-likeness (QED) is 0.884. The van der Waals surface area contributed by atoms with Crippen LogP contribution in [0.1, 0.15) is 25.5 Å². The average molecular weight is 250 g/mol. The number of thioether (sulfide) groups is 1. The highest BCUT2D eigenvalue weighted by Gasteiger charge is 2.16. The summed E-state index contributed by atoms with van der Waals surface area (Å²) in [4.78, 5) is 2.53. The van der Waals surface area contributed by atoms with Crippen LogP contribution in [0, 0.1) is 0 Å². The molecule has 0 saturated carbocycles. The lowest BCUT2D eigenvalue weighted by atomic mass is 10.0. The van der Waals surface area contributed by atoms with Crippen LogP contribution in [0.3, 0.4) is 0 Å². The maximum Gasteiger partial charge on any atom is 0.0415 e. The molecule has 1 aliphatic rings. The standard InChI is InChI=1S/C14H22N2S/c1-3-15-12(2)13-6-4-5-7-14(13)16-8-10-17-11-9-16/h4-7,12,15H,3,8-11H2,1-2H3. The van der Waals surface area contributed by atoms with Crippen LogP contribution in [0.4, 0.5) is 5.69 Å². The molecule has 1 heterocycles. The summed E-state index contributed by atoms with van der Waals surface area (Å²) in [6, 6.07) is 9.25. The molecule has 1 N–H and O–H groups in total. The molecule has 0 amide bonds. The van der Waals surface area contributed by atoms with Gasteiger partial charge in [0.1, 0.15) is 0 Å². The first-order valence-electron chi connectivity index (χ1n) is 6.48. The summed E-state index contributed by atoms with van der Waals surface area (Å²) in [5.41, 5.74) is 2.85. The van der Waals surface area contributed by atoms with E-state index in [1.807, 2.05) is 0 Å². The van der Waals surface area contributed by atoms with Crippen molar-refractivity contribution in [1.82, 2.24) is 5.32 Å². The van der Waals surface area contributed by atoms with E-state index in [2.05, 4.69) is 60.1 Å². The molecule has 17 heavy (non-hydrogen) atoms. The first-order chi connectivity index (χ1) is 8.33. The minimum Gasteiger partial charge on any atom is -0.370 e. The normalized spacial score (nSPS) is 18.1. The molecule has 1 unspecified atom stereocenters. The van der Waals surface area contributed by atoms with Crippen molar-refractivity contribution in [3.63, 3.8) is 0 Å². The van der Waals surface area contributed by atoms with E-state index < -0.39 is 0 Å². The van der Waals surface area contributed by atoms with Crippen molar-refractivity contribution in [1.29, 1.82) is 0 Å². The summed E-state index contributed by atoms with van der Waals surface area (Å²) < 4.78 is 0. The number of hydrogen-bond acceptors (Lipinski definition) is 3. The van der Waals surface area contributed by atoms with Gasteiger partial charge in [-0.05, 0) is 25.1 Å². The number of rotatable bonds is 4. The van der Waals surface area contributed by atoms with Gasteiger partial charge in [-0.15, -0.1) is 0 Å². The van der Waals surface area contributed by atoms with E-state index in [1.54, 1.807) is 0 Å². The lowest BCUT2D eigenvalue weighted by Gasteiger charge is -2.31. The van der Waals surface area contributed by atoms with Gasteiger partial charge in [0.25, 0.3) is 0 Å². The molecule has 3 heteroatoms. The fraction of sp³-hybridized carbons (Fsp3) is 0.571. The molecule has 1 saturated heterocycles. The van der Waals surface area contributed by atoms with Gasteiger partial charge < -0.3 is 10.2 Å². The van der Waals surface area contributed by atoms with Crippen LogP contribution in [0.5, 0.6) is 0 Å². The van der Waals surface area contributed by atoms with Gasteiger partial charge in [-0.1, -0.05) is 25.1 Å². The van der Waals surface area contributed by atoms with E-state index in [0.717, 1.165) is 6.54 Å². The van der Waals surface area contributed by atoms with Gasteiger partial charge in [0.15, 0.2) is 0 Å². The molecule has 1 aromatic carbocycles. The molecule has 2 rings (SSSR count). The predicted molar refractivity (Wildman–Crippen MR) is 78.1 cm³/mol. The Hall–Kier alpha value is -0.670. The molecule has 94 valence electrons. The number of nitrogens with zero attached hydrogens (tertiary/aromatic N) is 1. The zero-order valence-electron chi connectivity index (χ0n) is 10.8. The second kappa shape index (κ2) is 6.31. The molecule has 0 aromatic heterocycles. The van der Waals surface area contributed by atoms with Crippen LogP contribution in [-0.4, -0.2) is 31.1 Å². The van der Waals surface area contributed by atoms with Crippen molar-refractivity contribution in [2.45, 2.75) is 19.9 Å². The van der Waals surface area contributed by atoms with Gasteiger partial charge in [-0.2, -0.15) is 11.8 Å². The Bertz CT molecular complexity index is 348. The molecule has 0 aliphatic carbocycles. The fourth-order valence-electron chi connectivity index (χ4n) is 2.36. The summed E-state index contributed by atoms with van der Waals surface area (Å²) in [6.07, 6.45) is 0. The number of para-hydroxylation sites is 1. The lowest BCUT2D eigenvalue weighted by Crippen LogP contribution is -2.34. The molecular formula is C14H22N2S. The van der Waals surface area contributed by atoms with Crippen molar-refractivity contribution in [3.8, 4) is 0 Å². The SMILES string of the molecule is CCNC(C)c1ccccc1N1CCSCC1. The second-order valence-corrected chi connectivity index (χ2v) is 5.66. The van der Waals surface area contributed by atoms with E-state index in [0.29, 0.717) is 6.04 Å². The molecule has 0 radical (unpaired) electrons. The molecular weight excluding hydrogens is 228 g/mol. The van der Waals surface area contributed by atoms with Gasteiger partial charge in [-0.3, -0.25) is 0 Å². The average Bonchev–Trinajstić information content (AvgIpc) is 2.40. The highest BCUT2D eigenvalue weighted by molar-refractivity contribution is 7.99. The molecule has 0 spiro atoms. The summed E-state index contributed by atoms with van der Waals surface area (Å²) >= 11 is 2.06. The van der Waals surface area contributed by atoms with Crippen LogP contribution in [0.2, 0.25) is 0 Å². The monoisotopic (exact) mass is 250 g/mol. The molecule has 1 fully saturated rings. The van der Waals surface area contributed by atoms with Crippen LogP contribution < -0.4 is 10.2 Å². The highest BCUT2D eigenvalue weighted by Crippen LogP contribution is 2.28. The van der Waals surface area contributed by atoms with E-state index in [4.69, 9.17) is 0 Å². The Morgan fingerprint density at radius 1 is 1.29 bits per heavy atom. The molecule has 0 bridgehead atoms. The molecule has 2 nitrogen and oxygen atoms in total. The van der Waals surface area contributed by atoms with Crippen molar-refractivity contribution in [2.24, 2.45) is 0 Å². The largest absolute Gasteiger partial charge is 0.370 e. The van der Waals surface area contributed by atoms with Gasteiger partial charge in [-0.25, -0.2) is 0 Å². The van der Waals surface area contributed by atoms with Gasteiger partial charge >= 0.3 is 0 Å². The summed E-state index contributed by atoms with van der Waals surface area (Å²) in [6.45, 7) is 7.80. The molecule has 1 aromatic rings. The van der Waals surface area contributed by atoms with Gasteiger partial charge in [0.2, 0.25) is 0 Å². The predicted octanol–water partition coefficient (Wildman–Crippen LogP) is 2.91. The smallest absolute Gasteiger partial charge is 0.0415 e. The Morgan fingerprint density at radius 3 is 2.71 bits per heavy atom. The van der Waals surface area contributed by atoms with E-state index in [-0.39, 0.29) is 0 Å². The topological polar surface area (TPSA) is 15.3 Å².